The molecule has 1 fully saturated rings. The largest absolute Gasteiger partial charge is 0.379 e. The maximum Gasteiger partial charge on any atom is 0.0896 e. The molecular weight excluding hydrogens is 310 g/mol. The van der Waals surface area contributed by atoms with E-state index in [1.807, 2.05) is 19.2 Å². The molecule has 4 heteroatoms. The van der Waals surface area contributed by atoms with E-state index in [1.165, 1.54) is 16.5 Å². The smallest absolute Gasteiger partial charge is 0.0896 e. The lowest BCUT2D eigenvalue weighted by molar-refractivity contribution is 0.0342. The molecule has 1 saturated heterocycles. The second-order valence-corrected chi connectivity index (χ2v) is 6.79. The van der Waals surface area contributed by atoms with Gasteiger partial charge in [0.1, 0.15) is 0 Å². The Hall–Kier alpha value is -2.30. The average Bonchev–Trinajstić information content (AvgIpc) is 2.63. The Kier molecular flexibility index (Phi) is 4.47. The molecule has 3 heterocycles. The molecule has 25 heavy (non-hydrogen) atoms. The molecule has 0 amide bonds. The number of morpholine rings is 1. The second kappa shape index (κ2) is 6.90. The Morgan fingerprint density at radius 3 is 2.60 bits per heavy atom. The van der Waals surface area contributed by atoms with E-state index in [1.54, 1.807) is 0 Å². The highest BCUT2D eigenvalue weighted by Gasteiger charge is 2.12. The molecule has 0 saturated carbocycles. The molecule has 1 aliphatic heterocycles. The highest BCUT2D eigenvalue weighted by atomic mass is 16.5. The average molecular weight is 333 g/mol. The quantitative estimate of drug-likeness (QED) is 0.732. The summed E-state index contributed by atoms with van der Waals surface area (Å²) in [5.41, 5.74) is 6.63. The van der Waals surface area contributed by atoms with Crippen LogP contribution in [0.2, 0.25) is 0 Å². The molecule has 0 spiro atoms. The zero-order chi connectivity index (χ0) is 17.2. The van der Waals surface area contributed by atoms with Crippen LogP contribution in [0.15, 0.2) is 42.6 Å². The Labute approximate surface area is 148 Å². The maximum absolute atomic E-state index is 5.43. The Balaban J connectivity index is 1.65. The molecular formula is C21H23N3O. The number of hydrogen-bond donors (Lipinski definition) is 0. The van der Waals surface area contributed by atoms with Crippen LogP contribution >= 0.6 is 0 Å². The number of aryl methyl sites for hydroxylation is 2. The van der Waals surface area contributed by atoms with Gasteiger partial charge in [-0.25, -0.2) is 4.98 Å². The first-order valence-corrected chi connectivity index (χ1v) is 8.82. The fourth-order valence-electron chi connectivity index (χ4n) is 3.31. The van der Waals surface area contributed by atoms with Gasteiger partial charge in [-0.1, -0.05) is 12.1 Å². The molecule has 0 atom stereocenters. The van der Waals surface area contributed by atoms with Crippen molar-refractivity contribution in [3.63, 3.8) is 0 Å². The van der Waals surface area contributed by atoms with Gasteiger partial charge in [0.2, 0.25) is 0 Å². The van der Waals surface area contributed by atoms with Crippen LogP contribution in [-0.2, 0) is 11.3 Å². The second-order valence-electron chi connectivity index (χ2n) is 6.79. The Morgan fingerprint density at radius 2 is 1.84 bits per heavy atom. The Bertz CT molecular complexity index is 884. The summed E-state index contributed by atoms with van der Waals surface area (Å²) in [6.07, 6.45) is 1.89. The molecule has 0 aliphatic carbocycles. The summed E-state index contributed by atoms with van der Waals surface area (Å²) in [5, 5.41) is 1.22. The minimum absolute atomic E-state index is 0.834. The predicted molar refractivity (Wildman–Crippen MR) is 101 cm³/mol. The van der Waals surface area contributed by atoms with Gasteiger partial charge in [0.25, 0.3) is 0 Å². The third-order valence-corrected chi connectivity index (χ3v) is 4.76. The van der Waals surface area contributed by atoms with Crippen LogP contribution in [0.3, 0.4) is 0 Å². The third kappa shape index (κ3) is 3.55. The number of fused-ring (bicyclic) bond motifs is 1. The number of benzene rings is 1. The number of ether oxygens (including phenoxy) is 1. The zero-order valence-electron chi connectivity index (χ0n) is 14.8. The van der Waals surface area contributed by atoms with E-state index in [0.717, 1.165) is 55.3 Å². The number of pyridine rings is 2. The van der Waals surface area contributed by atoms with Crippen molar-refractivity contribution in [1.82, 2.24) is 14.9 Å². The van der Waals surface area contributed by atoms with Crippen molar-refractivity contribution in [2.45, 2.75) is 20.4 Å². The lowest BCUT2D eigenvalue weighted by Crippen LogP contribution is -2.35. The molecule has 1 aliphatic rings. The van der Waals surface area contributed by atoms with Gasteiger partial charge < -0.3 is 4.74 Å². The topological polar surface area (TPSA) is 38.2 Å². The van der Waals surface area contributed by atoms with Crippen molar-refractivity contribution in [1.29, 1.82) is 0 Å². The number of aromatic nitrogens is 2. The maximum atomic E-state index is 5.43. The van der Waals surface area contributed by atoms with Crippen LogP contribution in [0, 0.1) is 13.8 Å². The zero-order valence-corrected chi connectivity index (χ0v) is 14.8. The predicted octanol–water partition coefficient (Wildman–Crippen LogP) is 3.75. The molecule has 0 bridgehead atoms. The molecule has 2 aromatic heterocycles. The molecule has 1 aromatic carbocycles. The van der Waals surface area contributed by atoms with Crippen LogP contribution in [0.4, 0.5) is 0 Å². The fraction of sp³-hybridized carbons (Fsp3) is 0.333. The summed E-state index contributed by atoms with van der Waals surface area (Å²) in [4.78, 5) is 11.8. The van der Waals surface area contributed by atoms with E-state index in [9.17, 15) is 0 Å². The fourth-order valence-corrected chi connectivity index (χ4v) is 3.31. The molecule has 3 aromatic rings. The highest BCUT2D eigenvalue weighted by Crippen LogP contribution is 2.25. The molecule has 0 N–H and O–H groups in total. The minimum atomic E-state index is 0.834. The van der Waals surface area contributed by atoms with Crippen molar-refractivity contribution in [3.05, 3.63) is 59.3 Å². The van der Waals surface area contributed by atoms with Gasteiger partial charge >= 0.3 is 0 Å². The van der Waals surface area contributed by atoms with Crippen LogP contribution < -0.4 is 0 Å². The SMILES string of the molecule is Cc1ccc(-c2cc(C)c3cc(CN4CCOCC4)ccc3n2)nc1. The summed E-state index contributed by atoms with van der Waals surface area (Å²) < 4.78 is 5.43. The molecule has 4 nitrogen and oxygen atoms in total. The van der Waals surface area contributed by atoms with Crippen LogP contribution in [0.25, 0.3) is 22.3 Å². The van der Waals surface area contributed by atoms with Gasteiger partial charge in [-0.2, -0.15) is 0 Å². The van der Waals surface area contributed by atoms with Crippen molar-refractivity contribution in [2.75, 3.05) is 26.3 Å². The van der Waals surface area contributed by atoms with Crippen molar-refractivity contribution >= 4 is 10.9 Å². The van der Waals surface area contributed by atoms with E-state index >= 15 is 0 Å². The minimum Gasteiger partial charge on any atom is -0.379 e. The lowest BCUT2D eigenvalue weighted by Gasteiger charge is -2.26. The van der Waals surface area contributed by atoms with Crippen LogP contribution in [0.1, 0.15) is 16.7 Å². The standard InChI is InChI=1S/C21H23N3O/c1-15-3-5-20(22-13-15)21-11-16(2)18-12-17(4-6-19(18)23-21)14-24-7-9-25-10-8-24/h3-6,11-13H,7-10,14H2,1-2H3. The first kappa shape index (κ1) is 16.2. The molecule has 128 valence electrons. The van der Waals surface area contributed by atoms with Crippen LogP contribution in [-0.4, -0.2) is 41.2 Å². The number of nitrogens with zero attached hydrogens (tertiary/aromatic N) is 3. The van der Waals surface area contributed by atoms with Gasteiger partial charge in [0.15, 0.2) is 0 Å². The monoisotopic (exact) mass is 333 g/mol. The van der Waals surface area contributed by atoms with E-state index in [-0.39, 0.29) is 0 Å². The van der Waals surface area contributed by atoms with E-state index in [0.29, 0.717) is 0 Å². The van der Waals surface area contributed by atoms with Crippen LogP contribution in [0.5, 0.6) is 0 Å². The summed E-state index contributed by atoms with van der Waals surface area (Å²) >= 11 is 0. The normalized spacial score (nSPS) is 15.6. The van der Waals surface area contributed by atoms with Crippen molar-refractivity contribution in [3.8, 4) is 11.4 Å². The summed E-state index contributed by atoms with van der Waals surface area (Å²) in [7, 11) is 0. The summed E-state index contributed by atoms with van der Waals surface area (Å²) in [5.74, 6) is 0. The highest BCUT2D eigenvalue weighted by molar-refractivity contribution is 5.85. The first-order chi connectivity index (χ1) is 12.2. The lowest BCUT2D eigenvalue weighted by atomic mass is 10.0. The van der Waals surface area contributed by atoms with E-state index < -0.39 is 0 Å². The van der Waals surface area contributed by atoms with E-state index in [2.05, 4.69) is 47.1 Å². The van der Waals surface area contributed by atoms with Gasteiger partial charge in [-0.3, -0.25) is 9.88 Å². The summed E-state index contributed by atoms with van der Waals surface area (Å²) in [6, 6.07) is 12.9. The van der Waals surface area contributed by atoms with Gasteiger partial charge in [0.05, 0.1) is 30.1 Å². The first-order valence-electron chi connectivity index (χ1n) is 8.82. The summed E-state index contributed by atoms with van der Waals surface area (Å²) in [6.45, 7) is 8.86. The van der Waals surface area contributed by atoms with Crippen molar-refractivity contribution < 1.29 is 4.74 Å². The van der Waals surface area contributed by atoms with Crippen molar-refractivity contribution in [2.24, 2.45) is 0 Å². The van der Waals surface area contributed by atoms with E-state index in [4.69, 9.17) is 9.72 Å². The van der Waals surface area contributed by atoms with Gasteiger partial charge in [0, 0.05) is 31.2 Å². The molecule has 0 unspecified atom stereocenters. The number of hydrogen-bond acceptors (Lipinski definition) is 4. The number of rotatable bonds is 3. The third-order valence-electron chi connectivity index (χ3n) is 4.76. The molecule has 4 rings (SSSR count). The van der Waals surface area contributed by atoms with Gasteiger partial charge in [-0.15, -0.1) is 0 Å². The Morgan fingerprint density at radius 1 is 1.00 bits per heavy atom. The molecule has 0 radical (unpaired) electrons. The van der Waals surface area contributed by atoms with Gasteiger partial charge in [-0.05, 0) is 54.8 Å².